The van der Waals surface area contributed by atoms with Crippen molar-refractivity contribution in [1.29, 1.82) is 0 Å². The molecule has 1 unspecified atom stereocenters. The highest BCUT2D eigenvalue weighted by Crippen LogP contribution is 2.20. The van der Waals surface area contributed by atoms with Gasteiger partial charge in [-0.3, -0.25) is 9.78 Å². The number of pyridine rings is 1. The highest BCUT2D eigenvalue weighted by atomic mass is 35.5. The summed E-state index contributed by atoms with van der Waals surface area (Å²) in [5, 5.41) is 9.45. The lowest BCUT2D eigenvalue weighted by molar-refractivity contribution is 0.112. The zero-order chi connectivity index (χ0) is 9.14. The van der Waals surface area contributed by atoms with Crippen molar-refractivity contribution in [1.82, 2.24) is 4.98 Å². The summed E-state index contributed by atoms with van der Waals surface area (Å²) in [7, 11) is 0. The predicted molar refractivity (Wildman–Crippen MR) is 45.3 cm³/mol. The van der Waals surface area contributed by atoms with Crippen LogP contribution in [0.3, 0.4) is 0 Å². The minimum Gasteiger partial charge on any atom is -0.387 e. The lowest BCUT2D eigenvalue weighted by Crippen LogP contribution is -1.97. The maximum Gasteiger partial charge on any atom is 0.151 e. The molecular formula is C8H8ClNO2. The van der Waals surface area contributed by atoms with E-state index in [1.165, 1.54) is 12.3 Å². The number of carbonyl (C=O) groups is 1. The van der Waals surface area contributed by atoms with Gasteiger partial charge in [0, 0.05) is 11.8 Å². The van der Waals surface area contributed by atoms with E-state index < -0.39 is 6.10 Å². The first-order valence-electron chi connectivity index (χ1n) is 3.44. The molecule has 0 fully saturated rings. The fourth-order valence-corrected chi connectivity index (χ4v) is 1.17. The van der Waals surface area contributed by atoms with Crippen LogP contribution in [0.2, 0.25) is 5.02 Å². The van der Waals surface area contributed by atoms with Crippen LogP contribution in [0.5, 0.6) is 0 Å². The zero-order valence-electron chi connectivity index (χ0n) is 6.49. The van der Waals surface area contributed by atoms with Crippen molar-refractivity contribution >= 4 is 17.9 Å². The molecule has 1 N–H and O–H groups in total. The van der Waals surface area contributed by atoms with Gasteiger partial charge < -0.3 is 5.11 Å². The Morgan fingerprint density at radius 1 is 1.75 bits per heavy atom. The third-order valence-electron chi connectivity index (χ3n) is 1.42. The Morgan fingerprint density at radius 2 is 2.42 bits per heavy atom. The first-order valence-corrected chi connectivity index (χ1v) is 3.81. The van der Waals surface area contributed by atoms with Crippen molar-refractivity contribution < 1.29 is 9.90 Å². The summed E-state index contributed by atoms with van der Waals surface area (Å²) >= 11 is 5.72. The summed E-state index contributed by atoms with van der Waals surface area (Å²) in [5.41, 5.74) is 0.798. The molecule has 1 atom stereocenters. The molecule has 0 aliphatic carbocycles. The van der Waals surface area contributed by atoms with Gasteiger partial charge in [-0.2, -0.15) is 0 Å². The van der Waals surface area contributed by atoms with Crippen LogP contribution >= 0.6 is 11.6 Å². The molecule has 0 saturated heterocycles. The number of aliphatic hydroxyl groups excluding tert-OH is 1. The molecule has 3 nitrogen and oxygen atoms in total. The van der Waals surface area contributed by atoms with E-state index in [2.05, 4.69) is 4.98 Å². The van der Waals surface area contributed by atoms with E-state index in [0.29, 0.717) is 22.6 Å². The summed E-state index contributed by atoms with van der Waals surface area (Å²) in [6.45, 7) is 1.56. The van der Waals surface area contributed by atoms with E-state index in [9.17, 15) is 4.79 Å². The smallest absolute Gasteiger partial charge is 0.151 e. The summed E-state index contributed by atoms with van der Waals surface area (Å²) < 4.78 is 0. The van der Waals surface area contributed by atoms with Crippen molar-refractivity contribution in [2.24, 2.45) is 0 Å². The molecule has 64 valence electrons. The van der Waals surface area contributed by atoms with E-state index in [4.69, 9.17) is 16.7 Å². The Morgan fingerprint density at radius 3 is 2.83 bits per heavy atom. The van der Waals surface area contributed by atoms with Crippen LogP contribution in [0.1, 0.15) is 29.1 Å². The highest BCUT2D eigenvalue weighted by molar-refractivity contribution is 6.31. The molecule has 0 aromatic carbocycles. The number of rotatable bonds is 2. The van der Waals surface area contributed by atoms with E-state index in [0.717, 1.165) is 0 Å². The van der Waals surface area contributed by atoms with Gasteiger partial charge in [-0.1, -0.05) is 11.6 Å². The van der Waals surface area contributed by atoms with Gasteiger partial charge in [0.05, 0.1) is 16.8 Å². The second-order valence-electron chi connectivity index (χ2n) is 2.43. The number of aldehydes is 1. The molecule has 0 aliphatic rings. The largest absolute Gasteiger partial charge is 0.387 e. The molecule has 0 spiro atoms. The number of nitrogens with zero attached hydrogens (tertiary/aromatic N) is 1. The second-order valence-corrected chi connectivity index (χ2v) is 2.84. The second kappa shape index (κ2) is 3.65. The van der Waals surface area contributed by atoms with Crippen LogP contribution in [0, 0.1) is 0 Å². The van der Waals surface area contributed by atoms with Crippen LogP contribution in [-0.4, -0.2) is 16.4 Å². The third kappa shape index (κ3) is 1.81. The zero-order valence-corrected chi connectivity index (χ0v) is 7.25. The molecule has 1 aromatic heterocycles. The summed E-state index contributed by atoms with van der Waals surface area (Å²) in [6.07, 6.45) is 1.32. The molecule has 0 amide bonds. The maximum atomic E-state index is 10.3. The average molecular weight is 186 g/mol. The molecular weight excluding hydrogens is 178 g/mol. The van der Waals surface area contributed by atoms with Gasteiger partial charge in [-0.05, 0) is 13.0 Å². The lowest BCUT2D eigenvalue weighted by atomic mass is 10.2. The predicted octanol–water partition coefficient (Wildman–Crippen LogP) is 1.60. The third-order valence-corrected chi connectivity index (χ3v) is 1.73. The van der Waals surface area contributed by atoms with Gasteiger partial charge in [0.15, 0.2) is 6.29 Å². The standard InChI is InChI=1S/C8H8ClNO2/c1-5(12)8-7(9)2-6(4-11)3-10-8/h2-5,12H,1H3. The fourth-order valence-electron chi connectivity index (χ4n) is 0.835. The van der Waals surface area contributed by atoms with Crippen LogP contribution in [0.25, 0.3) is 0 Å². The molecule has 0 aliphatic heterocycles. The Hall–Kier alpha value is -0.930. The number of hydrogen-bond donors (Lipinski definition) is 1. The molecule has 1 rings (SSSR count). The highest BCUT2D eigenvalue weighted by Gasteiger charge is 2.07. The summed E-state index contributed by atoms with van der Waals surface area (Å²) in [6, 6.07) is 1.48. The van der Waals surface area contributed by atoms with Gasteiger partial charge in [0.2, 0.25) is 0 Å². The van der Waals surface area contributed by atoms with E-state index in [1.807, 2.05) is 0 Å². The summed E-state index contributed by atoms with van der Waals surface area (Å²) in [4.78, 5) is 14.1. The van der Waals surface area contributed by atoms with Gasteiger partial charge in [-0.15, -0.1) is 0 Å². The molecule has 0 radical (unpaired) electrons. The first-order chi connectivity index (χ1) is 5.65. The van der Waals surface area contributed by atoms with Crippen molar-refractivity contribution in [3.05, 3.63) is 28.5 Å². The van der Waals surface area contributed by atoms with Crippen LogP contribution in [0.4, 0.5) is 0 Å². The van der Waals surface area contributed by atoms with E-state index in [1.54, 1.807) is 6.92 Å². The molecule has 12 heavy (non-hydrogen) atoms. The van der Waals surface area contributed by atoms with Crippen LogP contribution in [0.15, 0.2) is 12.3 Å². The maximum absolute atomic E-state index is 10.3. The molecule has 4 heteroatoms. The van der Waals surface area contributed by atoms with Gasteiger partial charge in [0.25, 0.3) is 0 Å². The van der Waals surface area contributed by atoms with Crippen molar-refractivity contribution in [3.63, 3.8) is 0 Å². The molecule has 1 heterocycles. The minimum atomic E-state index is -0.710. The number of halogens is 1. The molecule has 1 aromatic rings. The van der Waals surface area contributed by atoms with Gasteiger partial charge in [-0.25, -0.2) is 0 Å². The number of carbonyl (C=O) groups excluding carboxylic acids is 1. The Labute approximate surface area is 75.0 Å². The van der Waals surface area contributed by atoms with Gasteiger partial charge in [0.1, 0.15) is 0 Å². The first kappa shape index (κ1) is 9.16. The molecule has 0 saturated carbocycles. The summed E-state index contributed by atoms with van der Waals surface area (Å²) in [5.74, 6) is 0. The average Bonchev–Trinajstić information content (AvgIpc) is 2.03. The topological polar surface area (TPSA) is 50.2 Å². The van der Waals surface area contributed by atoms with Crippen molar-refractivity contribution in [3.8, 4) is 0 Å². The fraction of sp³-hybridized carbons (Fsp3) is 0.250. The minimum absolute atomic E-state index is 0.314. The molecule has 0 bridgehead atoms. The monoisotopic (exact) mass is 185 g/mol. The van der Waals surface area contributed by atoms with Gasteiger partial charge >= 0.3 is 0 Å². The van der Waals surface area contributed by atoms with Crippen LogP contribution in [-0.2, 0) is 0 Å². The number of aliphatic hydroxyl groups is 1. The van der Waals surface area contributed by atoms with Crippen molar-refractivity contribution in [2.45, 2.75) is 13.0 Å². The van der Waals surface area contributed by atoms with E-state index >= 15 is 0 Å². The SMILES string of the molecule is CC(O)c1ncc(C=O)cc1Cl. The number of hydrogen-bond acceptors (Lipinski definition) is 3. The van der Waals surface area contributed by atoms with Crippen LogP contribution < -0.4 is 0 Å². The van der Waals surface area contributed by atoms with E-state index in [-0.39, 0.29) is 0 Å². The Bertz CT molecular complexity index is 299. The van der Waals surface area contributed by atoms with Crippen molar-refractivity contribution in [2.75, 3.05) is 0 Å². The normalized spacial score (nSPS) is 12.6. The number of aromatic nitrogens is 1. The Balaban J connectivity index is 3.11. The lowest BCUT2D eigenvalue weighted by Gasteiger charge is -2.05. The Kier molecular flexibility index (Phi) is 2.78. The quantitative estimate of drug-likeness (QED) is 0.712.